The van der Waals surface area contributed by atoms with E-state index >= 15 is 0 Å². The Hall–Kier alpha value is -2.55. The van der Waals surface area contributed by atoms with E-state index in [1.54, 1.807) is 0 Å². The number of likely N-dealkylation sites (N-methyl/N-ethyl adjacent to an activating group) is 1. The van der Waals surface area contributed by atoms with Gasteiger partial charge in [-0.3, -0.25) is 14.2 Å². The molecule has 0 N–H and O–H groups in total. The lowest BCUT2D eigenvalue weighted by molar-refractivity contribution is -0.870. The summed E-state index contributed by atoms with van der Waals surface area (Å²) in [4.78, 5) is 37.5. The van der Waals surface area contributed by atoms with E-state index in [2.05, 4.69) is 74.6 Å². The number of carbonyl (C=O) groups excluding carboxylic acids is 2. The predicted octanol–water partition coefficient (Wildman–Crippen LogP) is 12.4. The van der Waals surface area contributed by atoms with Crippen LogP contribution in [0.15, 0.2) is 72.9 Å². The molecule has 0 aromatic rings. The molecule has 9 nitrogen and oxygen atoms in total. The maximum Gasteiger partial charge on any atom is 0.306 e. The zero-order valence-corrected chi connectivity index (χ0v) is 38.4. The Morgan fingerprint density at radius 1 is 0.552 bits per heavy atom. The van der Waals surface area contributed by atoms with Gasteiger partial charge in [0.15, 0.2) is 6.10 Å². The molecule has 334 valence electrons. The van der Waals surface area contributed by atoms with Gasteiger partial charge in [0.2, 0.25) is 0 Å². The first kappa shape index (κ1) is 55.5. The summed E-state index contributed by atoms with van der Waals surface area (Å²) < 4.78 is 33.8. The summed E-state index contributed by atoms with van der Waals surface area (Å²) in [6.07, 6.45) is 49.4. The average molecular weight is 834 g/mol. The number of esters is 2. The fourth-order valence-corrected chi connectivity index (χ4v) is 6.47. The van der Waals surface area contributed by atoms with Gasteiger partial charge in [-0.25, -0.2) is 0 Å². The van der Waals surface area contributed by atoms with Crippen LogP contribution in [0.5, 0.6) is 0 Å². The molecule has 0 aliphatic carbocycles. The Morgan fingerprint density at radius 2 is 0.983 bits per heavy atom. The molecule has 0 aromatic heterocycles. The summed E-state index contributed by atoms with van der Waals surface area (Å²) >= 11 is 0. The SMILES string of the molecule is CC/C=C\C/C=C/C/C=C/C/C=C/C/C=C/C/C=C/CCC(=O)O[C@H](COC(=O)CCCCCCCCCCCCCCCCC)COP(=O)([O-])OCC[N+](C)(C)C. The molecule has 0 radical (unpaired) electrons. The van der Waals surface area contributed by atoms with Crippen molar-refractivity contribution in [1.82, 2.24) is 0 Å². The second-order valence-corrected chi connectivity index (χ2v) is 17.4. The molecule has 58 heavy (non-hydrogen) atoms. The Kier molecular flexibility index (Phi) is 38.1. The quantitative estimate of drug-likeness (QED) is 0.0197. The lowest BCUT2D eigenvalue weighted by atomic mass is 10.0. The van der Waals surface area contributed by atoms with Crippen molar-refractivity contribution in [2.45, 2.75) is 174 Å². The van der Waals surface area contributed by atoms with Crippen molar-refractivity contribution in [2.24, 2.45) is 0 Å². The molecule has 0 bridgehead atoms. The highest BCUT2D eigenvalue weighted by Crippen LogP contribution is 2.38. The van der Waals surface area contributed by atoms with E-state index in [9.17, 15) is 19.0 Å². The van der Waals surface area contributed by atoms with Gasteiger partial charge in [0.1, 0.15) is 19.8 Å². The van der Waals surface area contributed by atoms with Crippen LogP contribution in [0.1, 0.15) is 168 Å². The number of allylic oxidation sites excluding steroid dienone is 12. The third-order valence-corrected chi connectivity index (χ3v) is 10.2. The summed E-state index contributed by atoms with van der Waals surface area (Å²) in [6.45, 7) is 4.02. The van der Waals surface area contributed by atoms with Crippen LogP contribution in [0.25, 0.3) is 0 Å². The molecule has 0 spiro atoms. The van der Waals surface area contributed by atoms with Crippen LogP contribution >= 0.6 is 7.82 Å². The van der Waals surface area contributed by atoms with Crippen molar-refractivity contribution >= 4 is 19.8 Å². The molecule has 0 aliphatic heterocycles. The van der Waals surface area contributed by atoms with Crippen molar-refractivity contribution in [3.8, 4) is 0 Å². The molecule has 0 rings (SSSR count). The van der Waals surface area contributed by atoms with Crippen LogP contribution in [0.4, 0.5) is 0 Å². The van der Waals surface area contributed by atoms with Crippen molar-refractivity contribution in [1.29, 1.82) is 0 Å². The van der Waals surface area contributed by atoms with Crippen LogP contribution in [0.3, 0.4) is 0 Å². The molecule has 0 saturated carbocycles. The van der Waals surface area contributed by atoms with E-state index in [1.165, 1.54) is 77.0 Å². The highest BCUT2D eigenvalue weighted by atomic mass is 31.2. The minimum absolute atomic E-state index is 0.0467. The maximum absolute atomic E-state index is 12.7. The number of ether oxygens (including phenoxy) is 2. The lowest BCUT2D eigenvalue weighted by Gasteiger charge is -2.28. The molecule has 2 atom stereocenters. The van der Waals surface area contributed by atoms with E-state index in [1.807, 2.05) is 33.3 Å². The zero-order chi connectivity index (χ0) is 42.8. The van der Waals surface area contributed by atoms with Crippen LogP contribution in [0, 0.1) is 0 Å². The Morgan fingerprint density at radius 3 is 1.43 bits per heavy atom. The van der Waals surface area contributed by atoms with Crippen LogP contribution in [-0.4, -0.2) is 70.0 Å². The van der Waals surface area contributed by atoms with E-state index in [-0.39, 0.29) is 26.1 Å². The standard InChI is InChI=1S/C48H84NO8P/c1-6-8-10-12-14-16-18-20-22-23-24-25-27-29-31-33-35-37-39-41-48(51)57-46(45-56-58(52,53)55-43-42-49(3,4)5)44-54-47(50)40-38-36-34-32-30-28-26-21-19-17-15-13-11-9-7-2/h8,10,14,16,20,22,24-25,29,31,35,37,46H,6-7,9,11-13,15,17-19,21,23,26-28,30,32-34,36,38-45H2,1-5H3/b10-8-,16-14+,22-20+,25-24+,31-29+,37-35+/t46-/m1/s1. The molecule has 0 saturated heterocycles. The minimum Gasteiger partial charge on any atom is -0.756 e. The van der Waals surface area contributed by atoms with Crippen molar-refractivity contribution in [3.63, 3.8) is 0 Å². The fourth-order valence-electron chi connectivity index (χ4n) is 5.74. The second-order valence-electron chi connectivity index (χ2n) is 16.0. The van der Waals surface area contributed by atoms with Gasteiger partial charge in [-0.15, -0.1) is 0 Å². The first-order valence-electron chi connectivity index (χ1n) is 22.6. The number of phosphoric ester groups is 1. The van der Waals surface area contributed by atoms with Gasteiger partial charge in [0, 0.05) is 12.8 Å². The molecule has 0 aromatic carbocycles. The van der Waals surface area contributed by atoms with E-state index in [0.717, 1.165) is 57.8 Å². The predicted molar refractivity (Wildman–Crippen MR) is 240 cm³/mol. The molecule has 0 fully saturated rings. The lowest BCUT2D eigenvalue weighted by Crippen LogP contribution is -2.37. The molecule has 0 aliphatic rings. The normalized spacial score (nSPS) is 14.2. The second kappa shape index (κ2) is 39.9. The van der Waals surface area contributed by atoms with Gasteiger partial charge in [-0.2, -0.15) is 0 Å². The number of carbonyl (C=O) groups is 2. The molecular formula is C48H84NO8P. The summed E-state index contributed by atoms with van der Waals surface area (Å²) in [6, 6.07) is 0. The maximum atomic E-state index is 12.7. The van der Waals surface area contributed by atoms with E-state index in [4.69, 9.17) is 18.5 Å². The third-order valence-electron chi connectivity index (χ3n) is 9.25. The number of quaternary nitrogens is 1. The molecular weight excluding hydrogens is 750 g/mol. The van der Waals surface area contributed by atoms with Crippen LogP contribution < -0.4 is 4.89 Å². The topological polar surface area (TPSA) is 111 Å². The Labute approximate surface area is 355 Å². The third kappa shape index (κ3) is 43.0. The minimum atomic E-state index is -4.65. The smallest absolute Gasteiger partial charge is 0.306 e. The molecule has 10 heteroatoms. The Bertz CT molecular complexity index is 1220. The first-order valence-corrected chi connectivity index (χ1v) is 24.1. The van der Waals surface area contributed by atoms with Crippen molar-refractivity contribution in [2.75, 3.05) is 47.5 Å². The first-order chi connectivity index (χ1) is 28.0. The molecule has 1 unspecified atom stereocenters. The van der Waals surface area contributed by atoms with Gasteiger partial charge in [-0.1, -0.05) is 177 Å². The monoisotopic (exact) mass is 834 g/mol. The number of rotatable bonds is 40. The van der Waals surface area contributed by atoms with Gasteiger partial charge in [-0.05, 0) is 51.4 Å². The van der Waals surface area contributed by atoms with Crippen LogP contribution in [0.2, 0.25) is 0 Å². The highest BCUT2D eigenvalue weighted by Gasteiger charge is 2.21. The van der Waals surface area contributed by atoms with E-state index in [0.29, 0.717) is 17.4 Å². The molecule has 0 heterocycles. The number of nitrogens with zero attached hydrogens (tertiary/aromatic N) is 1. The summed E-state index contributed by atoms with van der Waals surface area (Å²) in [5, 5.41) is 0. The van der Waals surface area contributed by atoms with Crippen molar-refractivity contribution < 1.29 is 42.1 Å². The number of unbranched alkanes of at least 4 members (excludes halogenated alkanes) is 14. The number of hydrogen-bond donors (Lipinski definition) is 0. The van der Waals surface area contributed by atoms with Gasteiger partial charge in [0.25, 0.3) is 7.82 Å². The van der Waals surface area contributed by atoms with Crippen molar-refractivity contribution in [3.05, 3.63) is 72.9 Å². The van der Waals surface area contributed by atoms with Crippen LogP contribution in [-0.2, 0) is 32.7 Å². The average Bonchev–Trinajstić information content (AvgIpc) is 3.17. The molecule has 0 amide bonds. The summed E-state index contributed by atoms with van der Waals surface area (Å²) in [5.74, 6) is -0.934. The van der Waals surface area contributed by atoms with Gasteiger partial charge < -0.3 is 27.9 Å². The summed E-state index contributed by atoms with van der Waals surface area (Å²) in [7, 11) is 1.11. The van der Waals surface area contributed by atoms with Gasteiger partial charge >= 0.3 is 11.9 Å². The van der Waals surface area contributed by atoms with E-state index < -0.39 is 32.5 Å². The fraction of sp³-hybridized carbons (Fsp3) is 0.708. The number of hydrogen-bond acceptors (Lipinski definition) is 8. The summed E-state index contributed by atoms with van der Waals surface area (Å²) in [5.41, 5.74) is 0. The number of phosphoric acid groups is 1. The Balaban J connectivity index is 4.48. The highest BCUT2D eigenvalue weighted by molar-refractivity contribution is 7.45. The largest absolute Gasteiger partial charge is 0.756 e. The van der Waals surface area contributed by atoms with Gasteiger partial charge in [0.05, 0.1) is 27.7 Å². The zero-order valence-electron chi connectivity index (χ0n) is 37.5.